The maximum absolute atomic E-state index is 13.3. The van der Waals surface area contributed by atoms with E-state index < -0.39 is 13.4 Å². The summed E-state index contributed by atoms with van der Waals surface area (Å²) in [5.74, 6) is -0.571. The number of rotatable bonds is 8. The fraction of sp³-hybridized carbons (Fsp3) is 0.294. The highest BCUT2D eigenvalue weighted by Crippen LogP contribution is 2.60. The Bertz CT molecular complexity index is 639. The molecule has 23 heavy (non-hydrogen) atoms. The van der Waals surface area contributed by atoms with Crippen LogP contribution in [0.25, 0.3) is 0 Å². The van der Waals surface area contributed by atoms with Gasteiger partial charge in [0.25, 0.3) is 0 Å². The van der Waals surface area contributed by atoms with Gasteiger partial charge in [-0.3, -0.25) is 4.57 Å². The Hall–Kier alpha value is -1.13. The van der Waals surface area contributed by atoms with E-state index in [1.807, 2.05) is 68.4 Å². The molecule has 2 rings (SSSR count). The number of anilines is 1. The first-order chi connectivity index (χ1) is 11.1. The maximum atomic E-state index is 13.3. The Morgan fingerprint density at radius 3 is 2.09 bits per heavy atom. The Kier molecular flexibility index (Phi) is 6.85. The Balaban J connectivity index is 2.40. The number of halogens is 1. The van der Waals surface area contributed by atoms with Crippen LogP contribution in [0.2, 0.25) is 0 Å². The molecule has 0 aliphatic rings. The minimum atomic E-state index is -3.36. The summed E-state index contributed by atoms with van der Waals surface area (Å²) >= 11 is 3.42. The fourth-order valence-corrected chi connectivity index (χ4v) is 4.43. The summed E-state index contributed by atoms with van der Waals surface area (Å²) in [6.07, 6.45) is 0. The third kappa shape index (κ3) is 4.92. The van der Waals surface area contributed by atoms with Gasteiger partial charge in [0.2, 0.25) is 0 Å². The lowest BCUT2D eigenvalue weighted by atomic mass is 10.2. The van der Waals surface area contributed by atoms with Gasteiger partial charge in [0.1, 0.15) is 0 Å². The summed E-state index contributed by atoms with van der Waals surface area (Å²) in [4.78, 5) is 0. The fourth-order valence-electron chi connectivity index (χ4n) is 2.23. The molecule has 0 saturated carbocycles. The third-order valence-electron chi connectivity index (χ3n) is 3.20. The molecule has 0 aromatic heterocycles. The van der Waals surface area contributed by atoms with Gasteiger partial charge in [0, 0.05) is 10.2 Å². The van der Waals surface area contributed by atoms with Crippen molar-refractivity contribution in [3.8, 4) is 0 Å². The summed E-state index contributed by atoms with van der Waals surface area (Å²) in [7, 11) is -3.36. The number of hydrogen-bond donors (Lipinski definition) is 1. The first kappa shape index (κ1) is 18.2. The molecule has 0 aliphatic carbocycles. The summed E-state index contributed by atoms with van der Waals surface area (Å²) in [6.45, 7) is 4.27. The van der Waals surface area contributed by atoms with Crippen LogP contribution in [0.4, 0.5) is 5.69 Å². The predicted octanol–water partition coefficient (Wildman–Crippen LogP) is 5.83. The zero-order chi connectivity index (χ0) is 16.7. The van der Waals surface area contributed by atoms with E-state index >= 15 is 0 Å². The number of benzene rings is 2. The van der Waals surface area contributed by atoms with Gasteiger partial charge in [-0.25, -0.2) is 0 Å². The van der Waals surface area contributed by atoms with Gasteiger partial charge >= 0.3 is 7.60 Å². The largest absolute Gasteiger partial charge is 0.368 e. The molecule has 0 radical (unpaired) electrons. The van der Waals surface area contributed by atoms with Crippen LogP contribution < -0.4 is 5.32 Å². The highest BCUT2D eigenvalue weighted by Gasteiger charge is 2.37. The van der Waals surface area contributed by atoms with Crippen molar-refractivity contribution in [1.29, 1.82) is 0 Å². The molecule has 2 aromatic carbocycles. The zero-order valence-electron chi connectivity index (χ0n) is 13.2. The molecule has 124 valence electrons. The quantitative estimate of drug-likeness (QED) is 0.569. The number of para-hydroxylation sites is 1. The van der Waals surface area contributed by atoms with Crippen LogP contribution in [-0.2, 0) is 13.6 Å². The van der Waals surface area contributed by atoms with E-state index in [1.54, 1.807) is 0 Å². The van der Waals surface area contributed by atoms with Crippen LogP contribution in [0.3, 0.4) is 0 Å². The second-order valence-electron chi connectivity index (χ2n) is 4.84. The lowest BCUT2D eigenvalue weighted by Gasteiger charge is -2.28. The van der Waals surface area contributed by atoms with E-state index in [0.29, 0.717) is 13.2 Å². The molecule has 0 spiro atoms. The molecule has 0 saturated heterocycles. The maximum Gasteiger partial charge on any atom is 0.357 e. The number of nitrogens with one attached hydrogen (secondary N) is 1. The molecule has 0 heterocycles. The van der Waals surface area contributed by atoms with Crippen molar-refractivity contribution in [3.05, 3.63) is 64.6 Å². The molecule has 6 heteroatoms. The van der Waals surface area contributed by atoms with Crippen LogP contribution in [-0.4, -0.2) is 13.2 Å². The molecule has 1 atom stereocenters. The Morgan fingerprint density at radius 2 is 1.57 bits per heavy atom. The van der Waals surface area contributed by atoms with Crippen LogP contribution in [0, 0.1) is 0 Å². The normalized spacial score (nSPS) is 12.8. The lowest BCUT2D eigenvalue weighted by molar-refractivity contribution is 0.214. The van der Waals surface area contributed by atoms with E-state index in [9.17, 15) is 4.57 Å². The van der Waals surface area contributed by atoms with Crippen LogP contribution in [0.1, 0.15) is 25.2 Å². The topological polar surface area (TPSA) is 47.6 Å². The second kappa shape index (κ2) is 8.65. The highest BCUT2D eigenvalue weighted by atomic mass is 79.9. The first-order valence-corrected chi connectivity index (χ1v) is 9.95. The molecule has 2 aromatic rings. The molecular formula is C17H21BrNO3P. The van der Waals surface area contributed by atoms with Crippen molar-refractivity contribution in [2.45, 2.75) is 19.6 Å². The molecule has 0 aliphatic heterocycles. The molecule has 0 bridgehead atoms. The standard InChI is InChI=1S/C17H21BrNO3P/c1-3-21-23(20,22-4-2)17(14-10-12-15(18)13-11-14)19-16-8-6-5-7-9-16/h5-13,17,19H,3-4H2,1-2H3/t17-/m1/s1. The summed E-state index contributed by atoms with van der Waals surface area (Å²) in [6, 6.07) is 17.3. The van der Waals surface area contributed by atoms with Crippen molar-refractivity contribution in [1.82, 2.24) is 0 Å². The Labute approximate surface area is 145 Å². The van der Waals surface area contributed by atoms with Crippen LogP contribution in [0.15, 0.2) is 59.1 Å². The van der Waals surface area contributed by atoms with Gasteiger partial charge in [-0.2, -0.15) is 0 Å². The number of hydrogen-bond acceptors (Lipinski definition) is 4. The van der Waals surface area contributed by atoms with E-state index in [1.165, 1.54) is 0 Å². The summed E-state index contributed by atoms with van der Waals surface area (Å²) in [5.41, 5.74) is 1.71. The van der Waals surface area contributed by atoms with Crippen LogP contribution >= 0.6 is 23.5 Å². The highest BCUT2D eigenvalue weighted by molar-refractivity contribution is 9.10. The van der Waals surface area contributed by atoms with Crippen molar-refractivity contribution in [2.24, 2.45) is 0 Å². The first-order valence-electron chi connectivity index (χ1n) is 7.55. The average molecular weight is 398 g/mol. The molecule has 4 nitrogen and oxygen atoms in total. The molecular weight excluding hydrogens is 377 g/mol. The molecule has 0 fully saturated rings. The van der Waals surface area contributed by atoms with E-state index in [2.05, 4.69) is 21.2 Å². The molecule has 1 N–H and O–H groups in total. The second-order valence-corrected chi connectivity index (χ2v) is 7.87. The van der Waals surface area contributed by atoms with Crippen molar-refractivity contribution < 1.29 is 13.6 Å². The van der Waals surface area contributed by atoms with E-state index in [4.69, 9.17) is 9.05 Å². The minimum absolute atomic E-state index is 0.320. The smallest absolute Gasteiger partial charge is 0.357 e. The predicted molar refractivity (Wildman–Crippen MR) is 97.8 cm³/mol. The average Bonchev–Trinajstić information content (AvgIpc) is 2.55. The monoisotopic (exact) mass is 397 g/mol. The van der Waals surface area contributed by atoms with E-state index in [-0.39, 0.29) is 0 Å². The van der Waals surface area contributed by atoms with Gasteiger partial charge in [0.15, 0.2) is 5.78 Å². The SMILES string of the molecule is CCOP(=O)(OCC)[C@@H](Nc1ccccc1)c1ccc(Br)cc1. The van der Waals surface area contributed by atoms with Crippen molar-refractivity contribution in [2.75, 3.05) is 18.5 Å². The lowest BCUT2D eigenvalue weighted by Crippen LogP contribution is -2.15. The molecule has 0 unspecified atom stereocenters. The van der Waals surface area contributed by atoms with Gasteiger partial charge in [-0.15, -0.1) is 0 Å². The molecule has 0 amide bonds. The zero-order valence-corrected chi connectivity index (χ0v) is 15.7. The van der Waals surface area contributed by atoms with Gasteiger partial charge in [0.05, 0.1) is 13.2 Å². The summed E-state index contributed by atoms with van der Waals surface area (Å²) < 4.78 is 25.3. The van der Waals surface area contributed by atoms with E-state index in [0.717, 1.165) is 15.7 Å². The van der Waals surface area contributed by atoms with Gasteiger partial charge in [-0.05, 0) is 43.7 Å². The Morgan fingerprint density at radius 1 is 1.00 bits per heavy atom. The van der Waals surface area contributed by atoms with Gasteiger partial charge < -0.3 is 14.4 Å². The minimum Gasteiger partial charge on any atom is -0.368 e. The van der Waals surface area contributed by atoms with Crippen molar-refractivity contribution in [3.63, 3.8) is 0 Å². The van der Waals surface area contributed by atoms with Crippen molar-refractivity contribution >= 4 is 29.2 Å². The van der Waals surface area contributed by atoms with Gasteiger partial charge in [-0.1, -0.05) is 46.3 Å². The van der Waals surface area contributed by atoms with Crippen LogP contribution in [0.5, 0.6) is 0 Å². The third-order valence-corrected chi connectivity index (χ3v) is 6.02. The summed E-state index contributed by atoms with van der Waals surface area (Å²) in [5, 5.41) is 3.30.